The van der Waals surface area contributed by atoms with Gasteiger partial charge in [-0.1, -0.05) is 18.2 Å². The molecule has 0 aliphatic carbocycles. The Labute approximate surface area is 95.4 Å². The third kappa shape index (κ3) is 4.28. The lowest BCUT2D eigenvalue weighted by Gasteiger charge is -2.18. The second-order valence-corrected chi connectivity index (χ2v) is 6.68. The smallest absolute Gasteiger partial charge is 0.156 e. The molecule has 0 unspecified atom stereocenters. The van der Waals surface area contributed by atoms with Crippen LogP contribution >= 0.6 is 0 Å². The Hall–Kier alpha value is -0.940. The summed E-state index contributed by atoms with van der Waals surface area (Å²) in [7, 11) is -3.38. The summed E-state index contributed by atoms with van der Waals surface area (Å²) in [6.45, 7) is 3.26. The molecule has 1 aromatic rings. The van der Waals surface area contributed by atoms with E-state index in [0.717, 1.165) is 0 Å². The van der Waals surface area contributed by atoms with Gasteiger partial charge < -0.3 is 5.73 Å². The van der Waals surface area contributed by atoms with Crippen LogP contribution in [0.2, 0.25) is 0 Å². The second kappa shape index (κ2) is 4.51. The van der Waals surface area contributed by atoms with Gasteiger partial charge in [-0.05, 0) is 19.9 Å². The molecule has 0 fully saturated rings. The molecule has 0 atom stereocenters. The molecule has 0 radical (unpaired) electrons. The van der Waals surface area contributed by atoms with Crippen LogP contribution in [0.4, 0.5) is 4.39 Å². The number of nitrogens with two attached hydrogens (primary N) is 1. The Kier molecular flexibility index (Phi) is 3.70. The highest BCUT2D eigenvalue weighted by Gasteiger charge is 2.23. The van der Waals surface area contributed by atoms with Crippen molar-refractivity contribution in [2.75, 3.05) is 5.75 Å². The van der Waals surface area contributed by atoms with Gasteiger partial charge in [-0.2, -0.15) is 0 Å². The zero-order valence-electron chi connectivity index (χ0n) is 9.40. The molecule has 0 aliphatic rings. The van der Waals surface area contributed by atoms with E-state index in [9.17, 15) is 12.8 Å². The fourth-order valence-corrected chi connectivity index (χ4v) is 3.41. The van der Waals surface area contributed by atoms with Crippen LogP contribution in [0, 0.1) is 5.82 Å². The van der Waals surface area contributed by atoms with Crippen molar-refractivity contribution in [1.29, 1.82) is 0 Å². The first-order valence-corrected chi connectivity index (χ1v) is 6.74. The Morgan fingerprint density at radius 2 is 1.88 bits per heavy atom. The van der Waals surface area contributed by atoms with E-state index in [2.05, 4.69) is 0 Å². The summed E-state index contributed by atoms with van der Waals surface area (Å²) in [5, 5.41) is 0. The van der Waals surface area contributed by atoms with Crippen molar-refractivity contribution in [3.8, 4) is 0 Å². The zero-order valence-corrected chi connectivity index (χ0v) is 10.2. The zero-order chi connectivity index (χ0) is 12.4. The molecule has 0 bridgehead atoms. The fourth-order valence-electron chi connectivity index (χ4n) is 1.47. The molecule has 1 aromatic carbocycles. The van der Waals surface area contributed by atoms with E-state index in [1.807, 2.05) is 0 Å². The maximum absolute atomic E-state index is 13.3. The SMILES string of the molecule is CC(C)(N)CS(=O)(=O)Cc1ccccc1F. The minimum absolute atomic E-state index is 0.158. The van der Waals surface area contributed by atoms with Gasteiger partial charge >= 0.3 is 0 Å². The number of benzene rings is 1. The Morgan fingerprint density at radius 1 is 1.31 bits per heavy atom. The van der Waals surface area contributed by atoms with E-state index < -0.39 is 21.2 Å². The van der Waals surface area contributed by atoms with Crippen molar-refractivity contribution < 1.29 is 12.8 Å². The maximum Gasteiger partial charge on any atom is 0.156 e. The first-order chi connectivity index (χ1) is 7.20. The highest BCUT2D eigenvalue weighted by atomic mass is 32.2. The van der Waals surface area contributed by atoms with Gasteiger partial charge in [0, 0.05) is 11.1 Å². The lowest BCUT2D eigenvalue weighted by atomic mass is 10.1. The first kappa shape index (κ1) is 13.1. The number of rotatable bonds is 4. The molecule has 0 spiro atoms. The summed E-state index contributed by atoms with van der Waals surface area (Å²) >= 11 is 0. The van der Waals surface area contributed by atoms with E-state index in [1.54, 1.807) is 19.9 Å². The van der Waals surface area contributed by atoms with E-state index >= 15 is 0 Å². The lowest BCUT2D eigenvalue weighted by Crippen LogP contribution is -2.40. The van der Waals surface area contributed by atoms with E-state index in [4.69, 9.17) is 5.73 Å². The molecule has 1 rings (SSSR count). The normalized spacial score (nSPS) is 12.8. The van der Waals surface area contributed by atoms with E-state index in [-0.39, 0.29) is 17.1 Å². The summed E-state index contributed by atoms with van der Waals surface area (Å²) in [5.74, 6) is -0.963. The van der Waals surface area contributed by atoms with E-state index in [1.165, 1.54) is 18.2 Å². The van der Waals surface area contributed by atoms with Gasteiger partial charge in [0.1, 0.15) is 5.82 Å². The lowest BCUT2D eigenvalue weighted by molar-refractivity contribution is 0.541. The van der Waals surface area contributed by atoms with Crippen molar-refractivity contribution in [3.63, 3.8) is 0 Å². The van der Waals surface area contributed by atoms with Crippen molar-refractivity contribution in [2.24, 2.45) is 5.73 Å². The average molecular weight is 245 g/mol. The van der Waals surface area contributed by atoms with Gasteiger partial charge in [-0.15, -0.1) is 0 Å². The molecule has 3 nitrogen and oxygen atoms in total. The summed E-state index contributed by atoms with van der Waals surface area (Å²) in [4.78, 5) is 0. The van der Waals surface area contributed by atoms with Gasteiger partial charge in [0.15, 0.2) is 9.84 Å². The predicted molar refractivity (Wildman–Crippen MR) is 62.2 cm³/mol. The second-order valence-electron chi connectivity index (χ2n) is 4.61. The van der Waals surface area contributed by atoms with Gasteiger partial charge in [-0.25, -0.2) is 12.8 Å². The standard InChI is InChI=1S/C11H16FNO2S/c1-11(2,13)8-16(14,15)7-9-5-3-4-6-10(9)12/h3-6H,7-8,13H2,1-2H3. The Bertz CT molecular complexity index is 463. The molecule has 2 N–H and O–H groups in total. The molecule has 0 heterocycles. The van der Waals surface area contributed by atoms with Crippen molar-refractivity contribution in [2.45, 2.75) is 25.1 Å². The highest BCUT2D eigenvalue weighted by Crippen LogP contribution is 2.13. The molecular weight excluding hydrogens is 229 g/mol. The van der Waals surface area contributed by atoms with Crippen molar-refractivity contribution in [3.05, 3.63) is 35.6 Å². The molecular formula is C11H16FNO2S. The monoisotopic (exact) mass is 245 g/mol. The minimum Gasteiger partial charge on any atom is -0.325 e. The number of sulfone groups is 1. The molecule has 90 valence electrons. The number of halogens is 1. The summed E-state index contributed by atoms with van der Waals surface area (Å²) in [6, 6.07) is 5.86. The van der Waals surface area contributed by atoms with Gasteiger partial charge in [0.05, 0.1) is 11.5 Å². The van der Waals surface area contributed by atoms with Crippen LogP contribution in [0.15, 0.2) is 24.3 Å². The van der Waals surface area contributed by atoms with Crippen molar-refractivity contribution >= 4 is 9.84 Å². The Balaban J connectivity index is 2.86. The first-order valence-electron chi connectivity index (χ1n) is 4.92. The van der Waals surface area contributed by atoms with E-state index in [0.29, 0.717) is 0 Å². The largest absolute Gasteiger partial charge is 0.325 e. The average Bonchev–Trinajstić information content (AvgIpc) is 2.04. The quantitative estimate of drug-likeness (QED) is 0.874. The topological polar surface area (TPSA) is 60.2 Å². The molecule has 0 saturated carbocycles. The van der Waals surface area contributed by atoms with Gasteiger partial charge in [0.25, 0.3) is 0 Å². The van der Waals surface area contributed by atoms with Crippen molar-refractivity contribution in [1.82, 2.24) is 0 Å². The van der Waals surface area contributed by atoms with Crippen LogP contribution in [0.25, 0.3) is 0 Å². The number of hydrogen-bond donors (Lipinski definition) is 1. The summed E-state index contributed by atoms with van der Waals surface area (Å²) in [5.41, 5.74) is 5.03. The van der Waals surface area contributed by atoms with Crippen LogP contribution < -0.4 is 5.73 Å². The predicted octanol–water partition coefficient (Wildman–Crippen LogP) is 1.48. The van der Waals surface area contributed by atoms with Crippen LogP contribution in [0.5, 0.6) is 0 Å². The Morgan fingerprint density at radius 3 is 2.38 bits per heavy atom. The molecule has 0 aliphatic heterocycles. The highest BCUT2D eigenvalue weighted by molar-refractivity contribution is 7.90. The molecule has 0 aromatic heterocycles. The third-order valence-corrected chi connectivity index (χ3v) is 3.86. The van der Waals surface area contributed by atoms with Crippen LogP contribution in [0.1, 0.15) is 19.4 Å². The summed E-state index contributed by atoms with van der Waals surface area (Å²) < 4.78 is 36.7. The third-order valence-electron chi connectivity index (χ3n) is 1.93. The maximum atomic E-state index is 13.3. The number of hydrogen-bond acceptors (Lipinski definition) is 3. The van der Waals surface area contributed by atoms with Gasteiger partial charge in [0.2, 0.25) is 0 Å². The van der Waals surface area contributed by atoms with Crippen LogP contribution in [-0.2, 0) is 15.6 Å². The molecule has 0 saturated heterocycles. The molecule has 0 amide bonds. The summed E-state index contributed by atoms with van der Waals surface area (Å²) in [6.07, 6.45) is 0. The van der Waals surface area contributed by atoms with Crippen LogP contribution in [0.3, 0.4) is 0 Å². The van der Waals surface area contributed by atoms with Gasteiger partial charge in [-0.3, -0.25) is 0 Å². The minimum atomic E-state index is -3.38. The van der Waals surface area contributed by atoms with Crippen LogP contribution in [-0.4, -0.2) is 19.7 Å². The molecule has 16 heavy (non-hydrogen) atoms. The fraction of sp³-hybridized carbons (Fsp3) is 0.455. The molecule has 5 heteroatoms.